The zero-order valence-electron chi connectivity index (χ0n) is 14.9. The minimum absolute atomic E-state index is 0.200. The Hall–Kier alpha value is -2.54. The van der Waals surface area contributed by atoms with Crippen molar-refractivity contribution in [1.82, 2.24) is 10.2 Å². The number of amidine groups is 1. The number of fused-ring (bicyclic) bond motifs is 2. The molecule has 1 N–H and O–H groups in total. The van der Waals surface area contributed by atoms with Gasteiger partial charge in [0.05, 0.1) is 11.1 Å². The van der Waals surface area contributed by atoms with Gasteiger partial charge in [-0.15, -0.1) is 0 Å². The first-order valence-electron chi connectivity index (χ1n) is 8.96. The van der Waals surface area contributed by atoms with Gasteiger partial charge in [0.25, 0.3) is 0 Å². The molecule has 0 spiro atoms. The molecule has 4 rings (SSSR count). The fraction of sp³-hybridized carbons (Fsp3) is 0.350. The minimum Gasteiger partial charge on any atom is -0.454 e. The minimum atomic E-state index is -4.42. The molecular formula is C20H20F3N3O. The van der Waals surface area contributed by atoms with Gasteiger partial charge in [-0.25, -0.2) is 4.99 Å². The van der Waals surface area contributed by atoms with Gasteiger partial charge < -0.3 is 15.0 Å². The van der Waals surface area contributed by atoms with Crippen LogP contribution in [0.25, 0.3) is 0 Å². The molecule has 2 aliphatic heterocycles. The number of aryl methyl sites for hydroxylation is 1. The van der Waals surface area contributed by atoms with Gasteiger partial charge >= 0.3 is 6.18 Å². The Kier molecular flexibility index (Phi) is 4.55. The van der Waals surface area contributed by atoms with E-state index in [0.717, 1.165) is 55.9 Å². The number of nitrogens with zero attached hydrogens (tertiary/aromatic N) is 2. The molecule has 0 amide bonds. The molecule has 2 heterocycles. The molecule has 0 radical (unpaired) electrons. The van der Waals surface area contributed by atoms with Crippen LogP contribution in [0.2, 0.25) is 0 Å². The van der Waals surface area contributed by atoms with Crippen LogP contribution >= 0.6 is 0 Å². The van der Waals surface area contributed by atoms with Gasteiger partial charge in [-0.05, 0) is 50.2 Å². The lowest BCUT2D eigenvalue weighted by Crippen LogP contribution is -2.34. The summed E-state index contributed by atoms with van der Waals surface area (Å²) < 4.78 is 45.5. The van der Waals surface area contributed by atoms with Crippen LogP contribution in [0.4, 0.5) is 18.9 Å². The van der Waals surface area contributed by atoms with E-state index in [1.54, 1.807) is 0 Å². The largest absolute Gasteiger partial charge is 0.454 e. The summed E-state index contributed by atoms with van der Waals surface area (Å²) in [5.74, 6) is 1.60. The van der Waals surface area contributed by atoms with Crippen molar-refractivity contribution in [3.8, 4) is 11.5 Å². The molecule has 1 fully saturated rings. The lowest BCUT2D eigenvalue weighted by Gasteiger charge is -2.24. The maximum absolute atomic E-state index is 13.2. The van der Waals surface area contributed by atoms with E-state index in [2.05, 4.69) is 15.2 Å². The number of hydrogen-bond donors (Lipinski definition) is 1. The van der Waals surface area contributed by atoms with Gasteiger partial charge in [-0.2, -0.15) is 13.2 Å². The number of rotatable bonds is 0. The second-order valence-corrected chi connectivity index (χ2v) is 6.81. The average molecular weight is 375 g/mol. The molecule has 142 valence electrons. The number of alkyl halides is 3. The Morgan fingerprint density at radius 1 is 1.04 bits per heavy atom. The predicted molar refractivity (Wildman–Crippen MR) is 98.0 cm³/mol. The van der Waals surface area contributed by atoms with E-state index < -0.39 is 11.7 Å². The zero-order chi connectivity index (χ0) is 19.0. The third kappa shape index (κ3) is 3.64. The van der Waals surface area contributed by atoms with Gasteiger partial charge in [-0.3, -0.25) is 0 Å². The Labute approximate surface area is 155 Å². The molecule has 0 unspecified atom stereocenters. The molecule has 2 aliphatic rings. The molecule has 4 nitrogen and oxygen atoms in total. The summed E-state index contributed by atoms with van der Waals surface area (Å²) >= 11 is 0. The normalized spacial score (nSPS) is 17.2. The summed E-state index contributed by atoms with van der Waals surface area (Å²) in [4.78, 5) is 6.77. The fourth-order valence-corrected chi connectivity index (χ4v) is 3.37. The number of nitrogens with one attached hydrogen (secondary N) is 1. The van der Waals surface area contributed by atoms with Crippen LogP contribution in [0.5, 0.6) is 11.5 Å². The first-order chi connectivity index (χ1) is 12.9. The van der Waals surface area contributed by atoms with E-state index in [1.165, 1.54) is 6.07 Å². The number of hydrogen-bond acceptors (Lipinski definition) is 4. The van der Waals surface area contributed by atoms with Crippen LogP contribution in [0.15, 0.2) is 41.4 Å². The molecule has 2 aromatic rings. The monoisotopic (exact) mass is 375 g/mol. The van der Waals surface area contributed by atoms with Crippen molar-refractivity contribution in [3.05, 3.63) is 53.1 Å². The van der Waals surface area contributed by atoms with E-state index in [1.807, 2.05) is 25.1 Å². The van der Waals surface area contributed by atoms with Crippen LogP contribution in [0.3, 0.4) is 0 Å². The summed E-state index contributed by atoms with van der Waals surface area (Å²) in [5.41, 5.74) is 1.32. The first kappa shape index (κ1) is 17.9. The summed E-state index contributed by atoms with van der Waals surface area (Å²) in [6.07, 6.45) is -3.48. The van der Waals surface area contributed by atoms with Crippen molar-refractivity contribution in [2.45, 2.75) is 19.5 Å². The zero-order valence-corrected chi connectivity index (χ0v) is 14.9. The molecule has 0 atom stereocenters. The van der Waals surface area contributed by atoms with Crippen molar-refractivity contribution in [2.24, 2.45) is 4.99 Å². The number of aliphatic imine (C=N–C) groups is 1. The lowest BCUT2D eigenvalue weighted by atomic mass is 10.1. The number of benzene rings is 2. The Morgan fingerprint density at radius 3 is 2.67 bits per heavy atom. The SMILES string of the molecule is Cc1ccc2c(c1)C(N1CCCNCC1)=Nc1cc(C(F)(F)F)ccc1O2. The molecule has 2 aromatic carbocycles. The van der Waals surface area contributed by atoms with Crippen molar-refractivity contribution in [1.29, 1.82) is 0 Å². The standard InChI is InChI=1S/C20H20F3N3O/c1-13-3-5-17-15(11-13)19(26-9-2-7-24-8-10-26)25-16-12-14(20(21,22)23)4-6-18(16)27-17/h3-6,11-12,24H,2,7-10H2,1H3. The fourth-order valence-electron chi connectivity index (χ4n) is 3.37. The second kappa shape index (κ2) is 6.88. The van der Waals surface area contributed by atoms with Crippen LogP contribution in [0.1, 0.15) is 23.1 Å². The third-order valence-corrected chi connectivity index (χ3v) is 4.75. The Morgan fingerprint density at radius 2 is 1.85 bits per heavy atom. The van der Waals surface area contributed by atoms with Crippen molar-refractivity contribution < 1.29 is 17.9 Å². The highest BCUT2D eigenvalue weighted by molar-refractivity contribution is 6.04. The quantitative estimate of drug-likeness (QED) is 0.737. The van der Waals surface area contributed by atoms with E-state index in [-0.39, 0.29) is 5.69 Å². The highest BCUT2D eigenvalue weighted by atomic mass is 19.4. The van der Waals surface area contributed by atoms with Crippen LogP contribution < -0.4 is 10.1 Å². The van der Waals surface area contributed by atoms with Crippen LogP contribution in [-0.4, -0.2) is 36.9 Å². The van der Waals surface area contributed by atoms with E-state index >= 15 is 0 Å². The van der Waals surface area contributed by atoms with Crippen molar-refractivity contribution >= 4 is 11.5 Å². The number of halogens is 3. The molecule has 7 heteroatoms. The highest BCUT2D eigenvalue weighted by Crippen LogP contribution is 2.42. The average Bonchev–Trinajstić information content (AvgIpc) is 2.97. The van der Waals surface area contributed by atoms with Gasteiger partial charge in [0.1, 0.15) is 17.3 Å². The smallest absolute Gasteiger partial charge is 0.416 e. The molecular weight excluding hydrogens is 355 g/mol. The molecule has 0 aliphatic carbocycles. The van der Waals surface area contributed by atoms with Crippen molar-refractivity contribution in [2.75, 3.05) is 26.2 Å². The third-order valence-electron chi connectivity index (χ3n) is 4.75. The summed E-state index contributed by atoms with van der Waals surface area (Å²) in [7, 11) is 0. The number of ether oxygens (including phenoxy) is 1. The predicted octanol–water partition coefficient (Wildman–Crippen LogP) is 4.49. The summed E-state index contributed by atoms with van der Waals surface area (Å²) in [6, 6.07) is 9.19. The van der Waals surface area contributed by atoms with E-state index in [4.69, 9.17) is 4.74 Å². The lowest BCUT2D eigenvalue weighted by molar-refractivity contribution is -0.137. The second-order valence-electron chi connectivity index (χ2n) is 6.81. The van der Waals surface area contributed by atoms with E-state index in [0.29, 0.717) is 17.3 Å². The maximum Gasteiger partial charge on any atom is 0.416 e. The first-order valence-corrected chi connectivity index (χ1v) is 8.96. The Balaban J connectivity index is 1.87. The summed E-state index contributed by atoms with van der Waals surface area (Å²) in [6.45, 7) is 5.21. The molecule has 0 aromatic heterocycles. The van der Waals surface area contributed by atoms with Gasteiger partial charge in [0, 0.05) is 19.6 Å². The Bertz CT molecular complexity index is 885. The van der Waals surface area contributed by atoms with Crippen LogP contribution in [0, 0.1) is 6.92 Å². The van der Waals surface area contributed by atoms with Gasteiger partial charge in [0.15, 0.2) is 5.75 Å². The molecule has 1 saturated heterocycles. The molecule has 0 bridgehead atoms. The topological polar surface area (TPSA) is 36.9 Å². The maximum atomic E-state index is 13.2. The molecule has 0 saturated carbocycles. The van der Waals surface area contributed by atoms with E-state index in [9.17, 15) is 13.2 Å². The highest BCUT2D eigenvalue weighted by Gasteiger charge is 2.32. The van der Waals surface area contributed by atoms with Crippen LogP contribution in [-0.2, 0) is 6.18 Å². The summed E-state index contributed by atoms with van der Waals surface area (Å²) in [5, 5.41) is 3.34. The molecule has 27 heavy (non-hydrogen) atoms. The van der Waals surface area contributed by atoms with Gasteiger partial charge in [0.2, 0.25) is 0 Å². The van der Waals surface area contributed by atoms with Gasteiger partial charge in [-0.1, -0.05) is 11.6 Å². The van der Waals surface area contributed by atoms with Crippen molar-refractivity contribution in [3.63, 3.8) is 0 Å².